The van der Waals surface area contributed by atoms with Crippen molar-refractivity contribution in [1.29, 1.82) is 0 Å². The van der Waals surface area contributed by atoms with E-state index in [2.05, 4.69) is 5.32 Å². The monoisotopic (exact) mass is 287 g/mol. The van der Waals surface area contributed by atoms with E-state index in [-0.39, 0.29) is 12.3 Å². The van der Waals surface area contributed by atoms with E-state index in [9.17, 15) is 14.4 Å². The number of hydrogen-bond acceptors (Lipinski definition) is 4. The predicted molar refractivity (Wildman–Crippen MR) is 74.4 cm³/mol. The number of carbonyl (C=O) groups excluding carboxylic acids is 2. The van der Waals surface area contributed by atoms with Crippen LogP contribution in [-0.4, -0.2) is 34.6 Å². The summed E-state index contributed by atoms with van der Waals surface area (Å²) in [6, 6.07) is -0.870. The summed E-state index contributed by atoms with van der Waals surface area (Å²) in [7, 11) is 0. The second kappa shape index (κ2) is 7.26. The van der Waals surface area contributed by atoms with Crippen LogP contribution in [-0.2, 0) is 14.3 Å². The van der Waals surface area contributed by atoms with Crippen LogP contribution in [0.15, 0.2) is 0 Å². The van der Waals surface area contributed by atoms with Gasteiger partial charge in [0, 0.05) is 0 Å². The molecule has 0 fully saturated rings. The normalized spacial score (nSPS) is 14.6. The van der Waals surface area contributed by atoms with Crippen LogP contribution in [0.4, 0.5) is 4.79 Å². The van der Waals surface area contributed by atoms with Crippen LogP contribution in [0.1, 0.15) is 48.0 Å². The van der Waals surface area contributed by atoms with Gasteiger partial charge >= 0.3 is 12.1 Å². The minimum absolute atomic E-state index is 0.188. The molecule has 0 aromatic carbocycles. The third-order valence-corrected chi connectivity index (χ3v) is 2.70. The van der Waals surface area contributed by atoms with Crippen molar-refractivity contribution < 1.29 is 24.2 Å². The van der Waals surface area contributed by atoms with Crippen molar-refractivity contribution in [2.45, 2.75) is 59.6 Å². The fourth-order valence-electron chi connectivity index (χ4n) is 1.72. The summed E-state index contributed by atoms with van der Waals surface area (Å²) in [5, 5.41) is 11.5. The number of Topliss-reactive ketones (excluding diaryl/α,β-unsaturated/α-hetero) is 1. The van der Waals surface area contributed by atoms with Gasteiger partial charge in [-0.25, -0.2) is 4.79 Å². The number of aliphatic carboxylic acids is 1. The number of ketones is 1. The lowest BCUT2D eigenvalue weighted by atomic mass is 9.89. The van der Waals surface area contributed by atoms with Crippen molar-refractivity contribution >= 4 is 17.8 Å². The Bertz CT molecular complexity index is 370. The predicted octanol–water partition coefficient (Wildman–Crippen LogP) is 2.22. The van der Waals surface area contributed by atoms with Gasteiger partial charge in [-0.05, 0) is 33.1 Å². The van der Waals surface area contributed by atoms with E-state index >= 15 is 0 Å². The van der Waals surface area contributed by atoms with Crippen molar-refractivity contribution in [1.82, 2.24) is 5.32 Å². The number of ether oxygens (including phenoxy) is 1. The summed E-state index contributed by atoms with van der Waals surface area (Å²) in [5.41, 5.74) is -0.675. The highest BCUT2D eigenvalue weighted by Gasteiger charge is 2.34. The van der Waals surface area contributed by atoms with Gasteiger partial charge in [0.25, 0.3) is 0 Å². The Kier molecular flexibility index (Phi) is 6.68. The Morgan fingerprint density at radius 1 is 1.20 bits per heavy atom. The Hall–Kier alpha value is -1.59. The first-order valence-electron chi connectivity index (χ1n) is 6.75. The van der Waals surface area contributed by atoms with E-state index in [1.54, 1.807) is 41.5 Å². The topological polar surface area (TPSA) is 92.7 Å². The molecule has 0 saturated carbocycles. The molecule has 0 heterocycles. The number of carboxylic acids is 1. The number of hydrogen-bond donors (Lipinski definition) is 2. The van der Waals surface area contributed by atoms with E-state index < -0.39 is 35.4 Å². The van der Waals surface area contributed by atoms with E-state index in [1.165, 1.54) is 0 Å². The maximum atomic E-state index is 12.2. The summed E-state index contributed by atoms with van der Waals surface area (Å²) in [6.07, 6.45) is -0.530. The Balaban J connectivity index is 4.94. The highest BCUT2D eigenvalue weighted by Crippen LogP contribution is 2.14. The van der Waals surface area contributed by atoms with Crippen molar-refractivity contribution in [3.63, 3.8) is 0 Å². The molecular formula is C14H25NO5. The lowest BCUT2D eigenvalue weighted by Gasteiger charge is -2.26. The number of carbonyl (C=O) groups is 3. The molecule has 6 nitrogen and oxygen atoms in total. The molecule has 0 radical (unpaired) electrons. The average Bonchev–Trinajstić information content (AvgIpc) is 2.23. The van der Waals surface area contributed by atoms with Crippen LogP contribution in [0.3, 0.4) is 0 Å². The standard InChI is InChI=1S/C14H25NO5/c1-7-9(12(17)18)11(16)10(8(2)3)15-13(19)20-14(4,5)6/h8-10H,7H2,1-6H3,(H,15,19)(H,17,18)/t9-,10?/m0/s1. The summed E-state index contributed by atoms with van der Waals surface area (Å²) in [4.78, 5) is 35.0. The largest absolute Gasteiger partial charge is 0.481 e. The van der Waals surface area contributed by atoms with Gasteiger partial charge < -0.3 is 15.2 Å². The van der Waals surface area contributed by atoms with Gasteiger partial charge in [0.15, 0.2) is 5.78 Å². The first-order chi connectivity index (χ1) is 8.99. The van der Waals surface area contributed by atoms with Crippen LogP contribution in [0.25, 0.3) is 0 Å². The Labute approximate surface area is 119 Å². The quantitative estimate of drug-likeness (QED) is 0.731. The van der Waals surface area contributed by atoms with E-state index in [1.807, 2.05) is 0 Å². The molecular weight excluding hydrogens is 262 g/mol. The van der Waals surface area contributed by atoms with Gasteiger partial charge in [-0.3, -0.25) is 9.59 Å². The second-order valence-corrected chi connectivity index (χ2v) is 6.07. The summed E-state index contributed by atoms with van der Waals surface area (Å²) in [6.45, 7) is 10.3. The molecule has 2 atom stereocenters. The van der Waals surface area contributed by atoms with Crippen LogP contribution >= 0.6 is 0 Å². The van der Waals surface area contributed by atoms with Crippen LogP contribution < -0.4 is 5.32 Å². The number of carboxylic acid groups (broad SMARTS) is 1. The van der Waals surface area contributed by atoms with Crippen molar-refractivity contribution in [2.24, 2.45) is 11.8 Å². The zero-order valence-corrected chi connectivity index (χ0v) is 13.0. The lowest BCUT2D eigenvalue weighted by Crippen LogP contribution is -2.49. The van der Waals surface area contributed by atoms with Crippen molar-refractivity contribution in [2.75, 3.05) is 0 Å². The smallest absolute Gasteiger partial charge is 0.408 e. The molecule has 1 amide bonds. The molecule has 0 aliphatic heterocycles. The second-order valence-electron chi connectivity index (χ2n) is 6.07. The molecule has 0 aliphatic rings. The minimum Gasteiger partial charge on any atom is -0.481 e. The number of alkyl carbamates (subject to hydrolysis) is 1. The fourth-order valence-corrected chi connectivity index (χ4v) is 1.72. The van der Waals surface area contributed by atoms with E-state index in [4.69, 9.17) is 9.84 Å². The highest BCUT2D eigenvalue weighted by molar-refractivity contribution is 6.02. The Morgan fingerprint density at radius 2 is 1.70 bits per heavy atom. The molecule has 20 heavy (non-hydrogen) atoms. The van der Waals surface area contributed by atoms with Crippen molar-refractivity contribution in [3.05, 3.63) is 0 Å². The minimum atomic E-state index is -1.17. The van der Waals surface area contributed by atoms with Gasteiger partial charge in [0.05, 0.1) is 6.04 Å². The lowest BCUT2D eigenvalue weighted by molar-refractivity contribution is -0.147. The van der Waals surface area contributed by atoms with E-state index in [0.29, 0.717) is 0 Å². The first-order valence-corrected chi connectivity index (χ1v) is 6.75. The SMILES string of the molecule is CC[C@H](C(=O)O)C(=O)C(NC(=O)OC(C)(C)C)C(C)C. The molecule has 2 N–H and O–H groups in total. The van der Waals surface area contributed by atoms with Crippen molar-refractivity contribution in [3.8, 4) is 0 Å². The molecule has 6 heteroatoms. The van der Waals surface area contributed by atoms with Gasteiger partial charge in [0.1, 0.15) is 11.5 Å². The number of amides is 1. The molecule has 0 aliphatic carbocycles. The third-order valence-electron chi connectivity index (χ3n) is 2.70. The zero-order valence-electron chi connectivity index (χ0n) is 13.0. The summed E-state index contributed by atoms with van der Waals surface area (Å²) in [5.74, 6) is -3.00. The maximum absolute atomic E-state index is 12.2. The molecule has 0 aromatic rings. The number of rotatable bonds is 6. The molecule has 0 bridgehead atoms. The molecule has 0 rings (SSSR count). The molecule has 1 unspecified atom stereocenters. The third kappa shape index (κ3) is 6.04. The van der Waals surface area contributed by atoms with Crippen LogP contribution in [0.2, 0.25) is 0 Å². The van der Waals surface area contributed by atoms with Gasteiger partial charge in [0.2, 0.25) is 0 Å². The highest BCUT2D eigenvalue weighted by atomic mass is 16.6. The van der Waals surface area contributed by atoms with Crippen LogP contribution in [0, 0.1) is 11.8 Å². The van der Waals surface area contributed by atoms with Gasteiger partial charge in [-0.1, -0.05) is 20.8 Å². The Morgan fingerprint density at radius 3 is 2.00 bits per heavy atom. The molecule has 0 aromatic heterocycles. The maximum Gasteiger partial charge on any atom is 0.408 e. The first kappa shape index (κ1) is 18.4. The summed E-state index contributed by atoms with van der Waals surface area (Å²) < 4.78 is 5.09. The van der Waals surface area contributed by atoms with Gasteiger partial charge in [-0.2, -0.15) is 0 Å². The van der Waals surface area contributed by atoms with E-state index in [0.717, 1.165) is 0 Å². The fraction of sp³-hybridized carbons (Fsp3) is 0.786. The molecule has 0 spiro atoms. The number of nitrogens with one attached hydrogen (secondary N) is 1. The zero-order chi connectivity index (χ0) is 16.1. The molecule has 116 valence electrons. The molecule has 0 saturated heterocycles. The summed E-state index contributed by atoms with van der Waals surface area (Å²) >= 11 is 0. The van der Waals surface area contributed by atoms with Gasteiger partial charge in [-0.15, -0.1) is 0 Å². The average molecular weight is 287 g/mol. The van der Waals surface area contributed by atoms with Crippen LogP contribution in [0.5, 0.6) is 0 Å².